The zero-order chi connectivity index (χ0) is 24.9. The SMILES string of the molecule is CCCN(CCC)C(=O)C1=Cc2ccc(-c3ccc4ccn(CCO)c(=O)c4c3)cc2N=C(N)C1. The standard InChI is InChI=1S/C28H32N4O3/c1-3-10-31(11-4-2)27(34)23-15-22-8-7-21(17-25(22)30-26(29)18-23)20-6-5-19-9-12-32(13-14-33)28(35)24(19)16-20/h5-9,12,15-17,33H,3-4,10-11,13-14,18H2,1-2H3,(H2,29,30). The van der Waals surface area contributed by atoms with Crippen molar-refractivity contribution >= 4 is 34.3 Å². The molecule has 0 saturated heterocycles. The van der Waals surface area contributed by atoms with E-state index in [1.807, 2.05) is 53.4 Å². The van der Waals surface area contributed by atoms with Crippen molar-refractivity contribution in [2.75, 3.05) is 19.7 Å². The summed E-state index contributed by atoms with van der Waals surface area (Å²) in [5, 5.41) is 10.7. The van der Waals surface area contributed by atoms with Crippen LogP contribution in [0.1, 0.15) is 38.7 Å². The van der Waals surface area contributed by atoms with Gasteiger partial charge in [-0.3, -0.25) is 9.59 Å². The van der Waals surface area contributed by atoms with E-state index in [1.54, 1.807) is 6.20 Å². The lowest BCUT2D eigenvalue weighted by Gasteiger charge is -2.22. The number of aliphatic imine (C=N–C) groups is 1. The van der Waals surface area contributed by atoms with Crippen molar-refractivity contribution in [3.63, 3.8) is 0 Å². The fraction of sp³-hybridized carbons (Fsp3) is 0.321. The number of rotatable bonds is 8. The number of amides is 1. The van der Waals surface area contributed by atoms with Crippen LogP contribution in [0.3, 0.4) is 0 Å². The Morgan fingerprint density at radius 2 is 1.80 bits per heavy atom. The molecule has 0 aliphatic carbocycles. The van der Waals surface area contributed by atoms with E-state index in [-0.39, 0.29) is 24.6 Å². The van der Waals surface area contributed by atoms with Gasteiger partial charge in [0.2, 0.25) is 5.91 Å². The number of pyridine rings is 1. The molecular weight excluding hydrogens is 440 g/mol. The lowest BCUT2D eigenvalue weighted by atomic mass is 9.99. The van der Waals surface area contributed by atoms with E-state index < -0.39 is 0 Å². The lowest BCUT2D eigenvalue weighted by molar-refractivity contribution is -0.127. The Hall–Kier alpha value is -3.71. The third kappa shape index (κ3) is 5.20. The maximum absolute atomic E-state index is 13.2. The summed E-state index contributed by atoms with van der Waals surface area (Å²) in [6.07, 6.45) is 5.72. The van der Waals surface area contributed by atoms with Gasteiger partial charge in [-0.1, -0.05) is 38.1 Å². The minimum Gasteiger partial charge on any atom is -0.395 e. The van der Waals surface area contributed by atoms with Crippen molar-refractivity contribution in [1.29, 1.82) is 0 Å². The monoisotopic (exact) mass is 472 g/mol. The van der Waals surface area contributed by atoms with Crippen molar-refractivity contribution in [2.24, 2.45) is 10.7 Å². The van der Waals surface area contributed by atoms with Crippen molar-refractivity contribution in [1.82, 2.24) is 9.47 Å². The number of amidine groups is 1. The second kappa shape index (κ2) is 10.7. The molecule has 0 bridgehead atoms. The van der Waals surface area contributed by atoms with Crippen LogP contribution in [0.2, 0.25) is 0 Å². The molecule has 2 heterocycles. The van der Waals surface area contributed by atoms with Gasteiger partial charge in [-0.25, -0.2) is 4.99 Å². The molecule has 0 saturated carbocycles. The second-order valence-corrected chi connectivity index (χ2v) is 8.86. The molecule has 7 nitrogen and oxygen atoms in total. The summed E-state index contributed by atoms with van der Waals surface area (Å²) in [6, 6.07) is 13.5. The van der Waals surface area contributed by atoms with Crippen molar-refractivity contribution in [3.05, 3.63) is 70.2 Å². The minimum absolute atomic E-state index is 0.0115. The van der Waals surface area contributed by atoms with E-state index >= 15 is 0 Å². The largest absolute Gasteiger partial charge is 0.395 e. The van der Waals surface area contributed by atoms with Gasteiger partial charge in [0.1, 0.15) is 5.84 Å². The van der Waals surface area contributed by atoms with Gasteiger partial charge in [-0.2, -0.15) is 0 Å². The highest BCUT2D eigenvalue weighted by Crippen LogP contribution is 2.33. The topological polar surface area (TPSA) is 101 Å². The van der Waals surface area contributed by atoms with E-state index in [1.165, 1.54) is 4.57 Å². The van der Waals surface area contributed by atoms with Crippen LogP contribution in [0.4, 0.5) is 5.69 Å². The zero-order valence-corrected chi connectivity index (χ0v) is 20.3. The van der Waals surface area contributed by atoms with Gasteiger partial charge in [0.25, 0.3) is 5.56 Å². The summed E-state index contributed by atoms with van der Waals surface area (Å²) in [6.45, 7) is 5.73. The highest BCUT2D eigenvalue weighted by atomic mass is 16.3. The number of aliphatic hydroxyl groups is 1. The summed E-state index contributed by atoms with van der Waals surface area (Å²) in [5.41, 5.74) is 10.1. The highest BCUT2D eigenvalue weighted by molar-refractivity contribution is 6.05. The molecule has 35 heavy (non-hydrogen) atoms. The number of carbonyl (C=O) groups excluding carboxylic acids is 1. The molecule has 1 aromatic heterocycles. The molecule has 4 rings (SSSR count). The van der Waals surface area contributed by atoms with Crippen LogP contribution >= 0.6 is 0 Å². The second-order valence-electron chi connectivity index (χ2n) is 8.86. The molecule has 0 atom stereocenters. The fourth-order valence-electron chi connectivity index (χ4n) is 4.51. The van der Waals surface area contributed by atoms with Crippen LogP contribution in [0.15, 0.2) is 64.0 Å². The number of hydrogen-bond acceptors (Lipinski definition) is 5. The van der Waals surface area contributed by atoms with Gasteiger partial charge in [0.05, 0.1) is 12.3 Å². The molecule has 7 heteroatoms. The average Bonchev–Trinajstić information content (AvgIpc) is 3.02. The molecule has 3 aromatic rings. The molecule has 0 spiro atoms. The maximum Gasteiger partial charge on any atom is 0.258 e. The van der Waals surface area contributed by atoms with Gasteiger partial charge in [-0.15, -0.1) is 0 Å². The number of aromatic nitrogens is 1. The highest BCUT2D eigenvalue weighted by Gasteiger charge is 2.21. The first kappa shape index (κ1) is 24.4. The first-order valence-corrected chi connectivity index (χ1v) is 12.2. The van der Waals surface area contributed by atoms with Crippen molar-refractivity contribution in [2.45, 2.75) is 39.7 Å². The Kier molecular flexibility index (Phi) is 7.46. The molecule has 3 N–H and O–H groups in total. The Morgan fingerprint density at radius 3 is 2.51 bits per heavy atom. The first-order valence-electron chi connectivity index (χ1n) is 12.2. The Morgan fingerprint density at radius 1 is 1.09 bits per heavy atom. The van der Waals surface area contributed by atoms with Crippen LogP contribution < -0.4 is 11.3 Å². The summed E-state index contributed by atoms with van der Waals surface area (Å²) in [4.78, 5) is 32.5. The average molecular weight is 473 g/mol. The molecular formula is C28H32N4O3. The quantitative estimate of drug-likeness (QED) is 0.516. The van der Waals surface area contributed by atoms with Gasteiger partial charge in [-0.05, 0) is 53.6 Å². The normalized spacial score (nSPS) is 13.1. The van der Waals surface area contributed by atoms with E-state index in [0.29, 0.717) is 28.9 Å². The van der Waals surface area contributed by atoms with Crippen LogP contribution in [0, 0.1) is 0 Å². The Balaban J connectivity index is 1.73. The predicted molar refractivity (Wildman–Crippen MR) is 142 cm³/mol. The van der Waals surface area contributed by atoms with Crippen LogP contribution in [-0.2, 0) is 11.3 Å². The summed E-state index contributed by atoms with van der Waals surface area (Å²) in [7, 11) is 0. The minimum atomic E-state index is -0.134. The number of nitrogens with zero attached hydrogens (tertiary/aromatic N) is 3. The van der Waals surface area contributed by atoms with E-state index in [0.717, 1.165) is 48.0 Å². The number of carbonyl (C=O) groups is 1. The Labute approximate surface area is 205 Å². The molecule has 0 radical (unpaired) electrons. The number of benzene rings is 2. The predicted octanol–water partition coefficient (Wildman–Crippen LogP) is 4.09. The third-order valence-electron chi connectivity index (χ3n) is 6.20. The number of hydrogen-bond donors (Lipinski definition) is 2. The molecule has 182 valence electrons. The van der Waals surface area contributed by atoms with Crippen molar-refractivity contribution in [3.8, 4) is 11.1 Å². The molecule has 1 aliphatic heterocycles. The summed E-state index contributed by atoms with van der Waals surface area (Å²) >= 11 is 0. The van der Waals surface area contributed by atoms with Gasteiger partial charge < -0.3 is 20.3 Å². The zero-order valence-electron chi connectivity index (χ0n) is 20.3. The maximum atomic E-state index is 13.2. The number of fused-ring (bicyclic) bond motifs is 2. The number of nitrogens with two attached hydrogens (primary N) is 1. The molecule has 1 aliphatic rings. The van der Waals surface area contributed by atoms with Crippen LogP contribution in [0.25, 0.3) is 28.0 Å². The van der Waals surface area contributed by atoms with E-state index in [4.69, 9.17) is 5.73 Å². The third-order valence-corrected chi connectivity index (χ3v) is 6.20. The summed E-state index contributed by atoms with van der Waals surface area (Å²) < 4.78 is 1.51. The summed E-state index contributed by atoms with van der Waals surface area (Å²) in [5.74, 6) is 0.413. The number of aliphatic hydroxyl groups excluding tert-OH is 1. The van der Waals surface area contributed by atoms with Gasteiger partial charge in [0, 0.05) is 48.8 Å². The van der Waals surface area contributed by atoms with Gasteiger partial charge >= 0.3 is 0 Å². The van der Waals surface area contributed by atoms with Crippen LogP contribution in [-0.4, -0.2) is 46.0 Å². The molecule has 0 fully saturated rings. The molecule has 0 unspecified atom stereocenters. The fourth-order valence-corrected chi connectivity index (χ4v) is 4.51. The Bertz CT molecular complexity index is 1360. The van der Waals surface area contributed by atoms with Gasteiger partial charge in [0.15, 0.2) is 0 Å². The smallest absolute Gasteiger partial charge is 0.258 e. The van der Waals surface area contributed by atoms with E-state index in [2.05, 4.69) is 18.8 Å². The van der Waals surface area contributed by atoms with E-state index in [9.17, 15) is 14.7 Å². The van der Waals surface area contributed by atoms with Crippen molar-refractivity contribution < 1.29 is 9.90 Å². The first-order chi connectivity index (χ1) is 16.9. The lowest BCUT2D eigenvalue weighted by Crippen LogP contribution is -2.34. The van der Waals surface area contributed by atoms with Crippen LogP contribution in [0.5, 0.6) is 0 Å². The molecule has 1 amide bonds. The molecule has 2 aromatic carbocycles.